The van der Waals surface area contributed by atoms with Gasteiger partial charge in [0, 0.05) is 61.4 Å². The molecule has 3 heteroatoms. The van der Waals surface area contributed by atoms with E-state index in [1.807, 2.05) is 0 Å². The third kappa shape index (κ3) is 7.94. The lowest BCUT2D eigenvalue weighted by atomic mass is 9.82. The zero-order valence-electron chi connectivity index (χ0n) is 46.0. The van der Waals surface area contributed by atoms with Crippen LogP contribution in [-0.2, 0) is 10.8 Å². The van der Waals surface area contributed by atoms with E-state index in [1.54, 1.807) is 0 Å². The lowest BCUT2D eigenvalue weighted by molar-refractivity contribution is 0.660. The molecule has 0 bridgehead atoms. The highest BCUT2D eigenvalue weighted by Crippen LogP contribution is 2.54. The molecule has 81 heavy (non-hydrogen) atoms. The molecule has 0 aliphatic heterocycles. The van der Waals surface area contributed by atoms with Crippen molar-refractivity contribution in [2.75, 3.05) is 9.80 Å². The third-order valence-electron chi connectivity index (χ3n) is 17.6. The predicted molar refractivity (Wildman–Crippen MR) is 342 cm³/mol. The molecule has 12 aromatic carbocycles. The topological polar surface area (TPSA) is 11.4 Å². The van der Waals surface area contributed by atoms with E-state index < -0.39 is 0 Å². The molecule has 0 atom stereocenters. The first-order valence-corrected chi connectivity index (χ1v) is 28.3. The number of anilines is 6. The van der Waals surface area contributed by atoms with Crippen molar-refractivity contribution in [3.8, 4) is 61.3 Å². The van der Waals surface area contributed by atoms with Gasteiger partial charge in [-0.1, -0.05) is 222 Å². The lowest BCUT2D eigenvalue weighted by Crippen LogP contribution is -2.17. The average Bonchev–Trinajstić information content (AvgIpc) is 3.52. The molecule has 386 valence electrons. The summed E-state index contributed by atoms with van der Waals surface area (Å²) in [5, 5.41) is 2.45. The van der Waals surface area contributed by atoms with Crippen LogP contribution >= 0.6 is 0 Å². The molecular weight excluding hydrogens is 979 g/mol. The summed E-state index contributed by atoms with van der Waals surface area (Å²) in [5.74, 6) is 0. The molecule has 2 aliphatic carbocycles. The summed E-state index contributed by atoms with van der Waals surface area (Å²) in [4.78, 5) is 4.97. The molecule has 0 amide bonds. The van der Waals surface area contributed by atoms with E-state index in [4.69, 9.17) is 0 Å². The second-order valence-electron chi connectivity index (χ2n) is 23.0. The Bertz CT molecular complexity index is 4340. The van der Waals surface area contributed by atoms with Gasteiger partial charge in [-0.05, 0) is 169 Å². The van der Waals surface area contributed by atoms with E-state index in [0.717, 1.165) is 56.5 Å². The minimum atomic E-state index is -0.200. The molecule has 0 radical (unpaired) electrons. The van der Waals surface area contributed by atoms with E-state index in [2.05, 4.69) is 327 Å². The maximum atomic E-state index is 2.49. The van der Waals surface area contributed by atoms with Crippen LogP contribution in [0, 0.1) is 0 Å². The minimum absolute atomic E-state index is 0.200. The van der Waals surface area contributed by atoms with Crippen LogP contribution in [0.15, 0.2) is 285 Å². The Morgan fingerprint density at radius 2 is 0.642 bits per heavy atom. The normalized spacial score (nSPS) is 13.4. The molecule has 1 heterocycles. The molecule has 0 fully saturated rings. The number of hydrogen-bond acceptors (Lipinski definition) is 2. The smallest absolute Gasteiger partial charge is 0.0547 e. The molecule has 13 aromatic rings. The van der Waals surface area contributed by atoms with Crippen LogP contribution in [0.4, 0.5) is 34.1 Å². The summed E-state index contributed by atoms with van der Waals surface area (Å²) in [7, 11) is 0. The highest BCUT2D eigenvalue weighted by atomic mass is 15.2. The Morgan fingerprint density at radius 3 is 1.16 bits per heavy atom. The van der Waals surface area contributed by atoms with Crippen LogP contribution in [0.25, 0.3) is 83.1 Å². The largest absolute Gasteiger partial charge is 0.310 e. The van der Waals surface area contributed by atoms with Gasteiger partial charge in [0.25, 0.3) is 0 Å². The van der Waals surface area contributed by atoms with Crippen molar-refractivity contribution < 1.29 is 0 Å². The van der Waals surface area contributed by atoms with Gasteiger partial charge >= 0.3 is 0 Å². The van der Waals surface area contributed by atoms with Crippen molar-refractivity contribution in [2.45, 2.75) is 38.5 Å². The maximum Gasteiger partial charge on any atom is 0.0547 e. The van der Waals surface area contributed by atoms with Gasteiger partial charge in [-0.15, -0.1) is 0 Å². The first-order valence-electron chi connectivity index (χ1n) is 28.3. The number of aromatic nitrogens is 1. The summed E-state index contributed by atoms with van der Waals surface area (Å²) >= 11 is 0. The van der Waals surface area contributed by atoms with Crippen molar-refractivity contribution in [1.82, 2.24) is 4.57 Å². The molecule has 0 spiro atoms. The Kier molecular flexibility index (Phi) is 11.2. The zero-order chi connectivity index (χ0) is 54.4. The Hall–Kier alpha value is -9.96. The van der Waals surface area contributed by atoms with E-state index in [-0.39, 0.29) is 10.8 Å². The highest BCUT2D eigenvalue weighted by Gasteiger charge is 2.37. The van der Waals surface area contributed by atoms with Crippen LogP contribution in [0.5, 0.6) is 0 Å². The van der Waals surface area contributed by atoms with E-state index in [1.165, 1.54) is 83.1 Å². The van der Waals surface area contributed by atoms with Crippen molar-refractivity contribution in [1.29, 1.82) is 0 Å². The number of rotatable bonds is 10. The van der Waals surface area contributed by atoms with Gasteiger partial charge in [-0.2, -0.15) is 0 Å². The molecule has 2 aliphatic rings. The van der Waals surface area contributed by atoms with Gasteiger partial charge in [0.1, 0.15) is 0 Å². The Morgan fingerprint density at radius 1 is 0.247 bits per heavy atom. The van der Waals surface area contributed by atoms with Crippen LogP contribution in [0.2, 0.25) is 0 Å². The van der Waals surface area contributed by atoms with Crippen LogP contribution in [-0.4, -0.2) is 4.57 Å². The van der Waals surface area contributed by atoms with Gasteiger partial charge in [-0.3, -0.25) is 0 Å². The first-order chi connectivity index (χ1) is 39.7. The second kappa shape index (κ2) is 18.9. The fourth-order valence-corrected chi connectivity index (χ4v) is 13.4. The fraction of sp³-hybridized carbons (Fsp3) is 0.0769. The quantitative estimate of drug-likeness (QED) is 0.135. The maximum absolute atomic E-state index is 2.49. The fourth-order valence-electron chi connectivity index (χ4n) is 13.4. The van der Waals surface area contributed by atoms with Gasteiger partial charge < -0.3 is 14.4 Å². The molecule has 1 aromatic heterocycles. The van der Waals surface area contributed by atoms with Crippen molar-refractivity contribution in [3.05, 3.63) is 307 Å². The van der Waals surface area contributed by atoms with Crippen LogP contribution < -0.4 is 9.80 Å². The molecular formula is C78H59N3. The molecule has 0 saturated heterocycles. The monoisotopic (exact) mass is 1040 g/mol. The van der Waals surface area contributed by atoms with Gasteiger partial charge in [-0.25, -0.2) is 0 Å². The molecule has 0 N–H and O–H groups in total. The second-order valence-corrected chi connectivity index (χ2v) is 23.0. The Labute approximate surface area is 474 Å². The minimum Gasteiger partial charge on any atom is -0.310 e. The van der Waals surface area contributed by atoms with Crippen molar-refractivity contribution >= 4 is 55.9 Å². The molecule has 0 unspecified atom stereocenters. The number of fused-ring (bicyclic) bond motifs is 9. The van der Waals surface area contributed by atoms with Gasteiger partial charge in [0.15, 0.2) is 0 Å². The van der Waals surface area contributed by atoms with Gasteiger partial charge in [0.2, 0.25) is 0 Å². The molecule has 0 saturated carbocycles. The lowest BCUT2D eigenvalue weighted by Gasteiger charge is -2.32. The third-order valence-corrected chi connectivity index (χ3v) is 17.6. The number of nitrogens with zero attached hydrogens (tertiary/aromatic N) is 3. The Balaban J connectivity index is 0.995. The average molecular weight is 1040 g/mol. The predicted octanol–water partition coefficient (Wildman–Crippen LogP) is 21.3. The summed E-state index contributed by atoms with van der Waals surface area (Å²) in [6.07, 6.45) is 0. The molecule has 3 nitrogen and oxygen atoms in total. The van der Waals surface area contributed by atoms with Crippen molar-refractivity contribution in [2.24, 2.45) is 0 Å². The first kappa shape index (κ1) is 48.2. The van der Waals surface area contributed by atoms with E-state index >= 15 is 0 Å². The van der Waals surface area contributed by atoms with E-state index in [9.17, 15) is 0 Å². The van der Waals surface area contributed by atoms with E-state index in [0.29, 0.717) is 0 Å². The van der Waals surface area contributed by atoms with Gasteiger partial charge in [0.05, 0.1) is 11.0 Å². The zero-order valence-corrected chi connectivity index (χ0v) is 46.0. The van der Waals surface area contributed by atoms with Crippen molar-refractivity contribution in [3.63, 3.8) is 0 Å². The number of para-hydroxylation sites is 2. The number of benzene rings is 12. The number of hydrogen-bond donors (Lipinski definition) is 0. The summed E-state index contributed by atoms with van der Waals surface area (Å²) in [5.41, 5.74) is 27.0. The summed E-state index contributed by atoms with van der Waals surface area (Å²) < 4.78 is 2.43. The SMILES string of the molecule is CC1(C)c2ccccc2-c2ccc(N(c3ccc(-c4ccccc4)cc3)c3cc(-c4ccc5c6ccccc6n(-c6ccccc6)c5c4)cc(N(c4ccc(-c5ccccc5)cc4)c4ccc5c(c4)C(C)(C)c4ccccc4-5)c3)cc21. The van der Waals surface area contributed by atoms with Crippen LogP contribution in [0.1, 0.15) is 49.9 Å². The van der Waals surface area contributed by atoms with Crippen LogP contribution in [0.3, 0.4) is 0 Å². The molecule has 15 rings (SSSR count). The highest BCUT2D eigenvalue weighted by molar-refractivity contribution is 6.10. The standard InChI is InChI=1S/C78H59N3/c1-77(2)71-29-17-14-26-65(71)67-44-41-61(50-73(67)77)79(59-37-32-54(33-38-59)52-20-8-5-9-21-52)63-46-57(56-36-43-70-69-28-16-19-31-75(69)81(76(70)48-56)58-24-12-7-13-25-58)47-64(49-63)80(60-39-34-55(35-40-60)53-22-10-6-11-23-53)62-42-45-68-66-27-15-18-30-72(66)78(3,4)74(68)51-62/h5-51H,1-4H3. The summed E-state index contributed by atoms with van der Waals surface area (Å²) in [6, 6.07) is 106. The summed E-state index contributed by atoms with van der Waals surface area (Å²) in [6.45, 7) is 9.51.